The van der Waals surface area contributed by atoms with Crippen molar-refractivity contribution in [3.05, 3.63) is 0 Å². The first-order valence-corrected chi connectivity index (χ1v) is 2.67. The van der Waals surface area contributed by atoms with Crippen molar-refractivity contribution in [1.29, 1.82) is 0 Å². The Bertz CT molecular complexity index is 102. The first-order chi connectivity index (χ1) is 3.42. The molecule has 0 aromatic rings. The van der Waals surface area contributed by atoms with E-state index in [4.69, 9.17) is 10.2 Å². The second kappa shape index (κ2) is 5.33. The summed E-state index contributed by atoms with van der Waals surface area (Å²) >= 11 is 8.65. The normalized spacial score (nSPS) is 9.67. The summed E-state index contributed by atoms with van der Waals surface area (Å²) in [5, 5.41) is 19.0. The fraction of sp³-hybridized carbons (Fsp3) is 0.667. The van der Waals surface area contributed by atoms with E-state index in [9.17, 15) is 0 Å². The molecule has 0 heterocycles. The molecule has 0 atom stereocenters. The number of nitrogens with one attached hydrogen (secondary N) is 1. The van der Waals surface area contributed by atoms with Crippen LogP contribution in [0.2, 0.25) is 0 Å². The molecule has 0 aliphatic carbocycles. The summed E-state index contributed by atoms with van der Waals surface area (Å²) in [7, 11) is 0. The van der Waals surface area contributed by atoms with Crippen molar-refractivity contribution in [2.75, 3.05) is 0 Å². The summed E-state index contributed by atoms with van der Waals surface area (Å²) in [5.74, 6) is -1.97. The minimum absolute atomic E-state index is 0. The van der Waals surface area contributed by atoms with Crippen LogP contribution < -0.4 is 56.7 Å². The van der Waals surface area contributed by atoms with Gasteiger partial charge >= 0.3 is 51.4 Å². The van der Waals surface area contributed by atoms with Gasteiger partial charge < -0.3 is 40.4 Å². The van der Waals surface area contributed by atoms with Gasteiger partial charge in [0.2, 0.25) is 5.91 Å². The molecule has 0 aromatic carbocycles. The largest absolute Gasteiger partial charge is 1.00 e. The maximum Gasteiger partial charge on any atom is 1.00 e. The van der Waals surface area contributed by atoms with Crippen molar-refractivity contribution in [1.82, 2.24) is 5.32 Å². The third kappa shape index (κ3) is 12.8. The third-order valence-electron chi connectivity index (χ3n) is 0.339. The molecule has 0 saturated carbocycles. The summed E-state index contributed by atoms with van der Waals surface area (Å²) in [5.41, 5.74) is 0. The van der Waals surface area contributed by atoms with Gasteiger partial charge in [0, 0.05) is 6.92 Å². The molecule has 0 rings (SSSR count). The Kier molecular flexibility index (Phi) is 7.86. The summed E-state index contributed by atoms with van der Waals surface area (Å²) in [6.45, 7) is 1.13. The molecule has 6 heteroatoms. The Morgan fingerprint density at radius 3 is 2.00 bits per heavy atom. The molecule has 0 spiro atoms. The molecule has 48 valence electrons. The van der Waals surface area contributed by atoms with Crippen LogP contribution >= 0.6 is 12.2 Å². The predicted octanol–water partition coefficient (Wildman–Crippen LogP) is -3.93. The summed E-state index contributed by atoms with van der Waals surface area (Å²) in [6, 6.07) is 0. The molecule has 0 saturated heterocycles. The van der Waals surface area contributed by atoms with Crippen LogP contribution in [0.3, 0.4) is 0 Å². The van der Waals surface area contributed by atoms with Crippen molar-refractivity contribution in [2.45, 2.75) is 12.8 Å². The van der Waals surface area contributed by atoms with Crippen molar-refractivity contribution < 1.29 is 61.6 Å². The van der Waals surface area contributed by atoms with Gasteiger partial charge in [-0.2, -0.15) is 0 Å². The fourth-order valence-electron chi connectivity index (χ4n) is 0.193. The van der Waals surface area contributed by atoms with Crippen LogP contribution in [-0.4, -0.2) is 20.4 Å². The summed E-state index contributed by atoms with van der Waals surface area (Å²) in [4.78, 5) is 0. The van der Waals surface area contributed by atoms with E-state index < -0.39 is 5.91 Å². The number of rotatable bonds is 1. The smallest absolute Gasteiger partial charge is 0.411 e. The van der Waals surface area contributed by atoms with Crippen molar-refractivity contribution >= 4 is 29.2 Å². The van der Waals surface area contributed by atoms with Crippen LogP contribution in [0.5, 0.6) is 0 Å². The molecule has 0 aromatic heterocycles. The van der Waals surface area contributed by atoms with Crippen molar-refractivity contribution in [2.24, 2.45) is 0 Å². The average molecular weight is 191 g/mol. The number of thiocarbonyl (C=S) groups is 1. The Morgan fingerprint density at radius 1 is 1.67 bits per heavy atom. The number of hydrogen-bond acceptors (Lipinski definition) is 4. The van der Waals surface area contributed by atoms with Gasteiger partial charge in [0.25, 0.3) is 0 Å². The average Bonchev–Trinajstić information content (AvgIpc) is 1.21. The molecular formula is C3H6KNO2S2. The first kappa shape index (κ1) is 13.3. The second-order valence-corrected chi connectivity index (χ2v) is 2.51. The van der Waals surface area contributed by atoms with E-state index in [0.717, 1.165) is 6.92 Å². The molecule has 0 aliphatic heterocycles. The number of hydrogen-bond donors (Lipinski definition) is 3. The van der Waals surface area contributed by atoms with Gasteiger partial charge in [-0.25, -0.2) is 0 Å². The molecule has 3 nitrogen and oxygen atoms in total. The van der Waals surface area contributed by atoms with E-state index in [1.807, 2.05) is 5.32 Å². The molecule has 0 radical (unpaired) electrons. The van der Waals surface area contributed by atoms with Crippen molar-refractivity contribution in [3.8, 4) is 0 Å². The quantitative estimate of drug-likeness (QED) is 0.171. The van der Waals surface area contributed by atoms with Gasteiger partial charge in [-0.15, -0.1) is 0 Å². The molecule has 9 heavy (non-hydrogen) atoms. The third-order valence-corrected chi connectivity index (χ3v) is 0.543. The Balaban J connectivity index is 0. The zero-order valence-electron chi connectivity index (χ0n) is 5.21. The van der Waals surface area contributed by atoms with Gasteiger partial charge in [-0.05, 0) is 0 Å². The van der Waals surface area contributed by atoms with Crippen LogP contribution in [0, 0.1) is 0 Å². The predicted molar refractivity (Wildman–Crippen MR) is 35.9 cm³/mol. The molecule has 0 bridgehead atoms. The monoisotopic (exact) mass is 191 g/mol. The van der Waals surface area contributed by atoms with E-state index in [2.05, 4.69) is 24.8 Å². The molecule has 0 amide bonds. The maximum absolute atomic E-state index is 8.48. The van der Waals surface area contributed by atoms with Crippen LogP contribution in [0.4, 0.5) is 0 Å². The molecular weight excluding hydrogens is 185 g/mol. The number of aliphatic hydroxyl groups is 2. The van der Waals surface area contributed by atoms with Crippen molar-refractivity contribution in [3.63, 3.8) is 0 Å². The van der Waals surface area contributed by atoms with E-state index in [1.165, 1.54) is 0 Å². The van der Waals surface area contributed by atoms with Gasteiger partial charge in [0.1, 0.15) is 0 Å². The zero-order chi connectivity index (χ0) is 6.78. The first-order valence-electron chi connectivity index (χ1n) is 1.86. The van der Waals surface area contributed by atoms with E-state index >= 15 is 0 Å². The van der Waals surface area contributed by atoms with Gasteiger partial charge in [0.05, 0.1) is 0 Å². The Hall–Kier alpha value is 1.67. The SMILES string of the molecule is CC(O)(O)NC(=S)[S-].[K+]. The summed E-state index contributed by atoms with van der Waals surface area (Å²) in [6.07, 6.45) is 0. The van der Waals surface area contributed by atoms with E-state index in [0.29, 0.717) is 0 Å². The summed E-state index contributed by atoms with van der Waals surface area (Å²) < 4.78 is -0.0579. The minimum atomic E-state index is -1.97. The standard InChI is InChI=1S/C3H7NO2S2.K/c1-3(5,6)4-2(7)8;/h5-6H,1H3,(H2,4,7,8);/q;+1/p-1. The van der Waals surface area contributed by atoms with Crippen LogP contribution in [0.25, 0.3) is 0 Å². The van der Waals surface area contributed by atoms with Crippen LogP contribution in [0.15, 0.2) is 0 Å². The zero-order valence-corrected chi connectivity index (χ0v) is 9.97. The van der Waals surface area contributed by atoms with E-state index in [1.54, 1.807) is 0 Å². The van der Waals surface area contributed by atoms with Crippen LogP contribution in [0.1, 0.15) is 6.92 Å². The Labute approximate surface area is 107 Å². The molecule has 0 fully saturated rings. The topological polar surface area (TPSA) is 52.5 Å². The van der Waals surface area contributed by atoms with Crippen LogP contribution in [-0.2, 0) is 12.6 Å². The molecule has 3 N–H and O–H groups in total. The minimum Gasteiger partial charge on any atom is -0.411 e. The fourth-order valence-corrected chi connectivity index (χ4v) is 0.580. The van der Waals surface area contributed by atoms with Gasteiger partial charge in [-0.3, -0.25) is 0 Å². The maximum atomic E-state index is 8.48. The Morgan fingerprint density at radius 2 is 2.00 bits per heavy atom. The molecule has 0 aliphatic rings. The van der Waals surface area contributed by atoms with Gasteiger partial charge in [-0.1, -0.05) is 4.32 Å². The van der Waals surface area contributed by atoms with Gasteiger partial charge in [0.15, 0.2) is 0 Å². The second-order valence-electron chi connectivity index (χ2n) is 1.43. The van der Waals surface area contributed by atoms with E-state index in [-0.39, 0.29) is 55.7 Å². The molecule has 0 unspecified atom stereocenters.